The maximum Gasteiger partial charge on any atom is 0.0320 e. The smallest absolute Gasteiger partial charge is 0.0320 e. The lowest BCUT2D eigenvalue weighted by atomic mass is 9.83. The molecule has 1 N–H and O–H groups in total. The Labute approximate surface area is 113 Å². The summed E-state index contributed by atoms with van der Waals surface area (Å²) in [5.41, 5.74) is 1.42. The summed E-state index contributed by atoms with van der Waals surface area (Å²) in [4.78, 5) is 0. The normalized spacial score (nSPS) is 19.2. The van der Waals surface area contributed by atoms with Crippen LogP contribution in [-0.4, -0.2) is 7.05 Å². The van der Waals surface area contributed by atoms with Crippen LogP contribution in [0.3, 0.4) is 0 Å². The van der Waals surface area contributed by atoms with E-state index in [1.165, 1.54) is 44.1 Å². The number of rotatable bonds is 4. The monoisotopic (exact) mass is 295 g/mol. The molecule has 1 aromatic rings. The van der Waals surface area contributed by atoms with Crippen molar-refractivity contribution < 1.29 is 0 Å². The lowest BCUT2D eigenvalue weighted by Crippen LogP contribution is -2.21. The summed E-state index contributed by atoms with van der Waals surface area (Å²) in [5.74, 6) is 0.921. The van der Waals surface area contributed by atoms with Crippen molar-refractivity contribution >= 4 is 15.9 Å². The van der Waals surface area contributed by atoms with Crippen molar-refractivity contribution in [2.24, 2.45) is 5.92 Å². The summed E-state index contributed by atoms with van der Waals surface area (Å²) in [6.07, 6.45) is 8.45. The van der Waals surface area contributed by atoms with Gasteiger partial charge in [-0.15, -0.1) is 0 Å². The molecule has 0 spiro atoms. The molecule has 1 nitrogen and oxygen atoms in total. The Bertz CT molecular complexity index is 327. The van der Waals surface area contributed by atoms with Crippen molar-refractivity contribution in [3.05, 3.63) is 34.3 Å². The second-order valence-corrected chi connectivity index (χ2v) is 6.05. The number of nitrogens with one attached hydrogen (secondary N) is 1. The maximum absolute atomic E-state index is 3.49. The molecule has 0 amide bonds. The summed E-state index contributed by atoms with van der Waals surface area (Å²) in [6, 6.07) is 9.26. The van der Waals surface area contributed by atoms with Gasteiger partial charge in [0.2, 0.25) is 0 Å². The standard InChI is InChI=1S/C15H22BrN/c1-17-15(11-12-5-3-2-4-6-12)13-7-9-14(16)10-8-13/h7-10,12,15,17H,2-6,11H2,1H3. The summed E-state index contributed by atoms with van der Waals surface area (Å²) in [7, 11) is 2.08. The molecular weight excluding hydrogens is 274 g/mol. The van der Waals surface area contributed by atoms with Crippen LogP contribution in [0.1, 0.15) is 50.1 Å². The molecule has 1 aliphatic rings. The molecule has 1 saturated carbocycles. The lowest BCUT2D eigenvalue weighted by Gasteiger charge is -2.26. The number of benzene rings is 1. The topological polar surface area (TPSA) is 12.0 Å². The zero-order valence-corrected chi connectivity index (χ0v) is 12.2. The van der Waals surface area contributed by atoms with Crippen molar-refractivity contribution in [3.8, 4) is 0 Å². The molecule has 1 aromatic carbocycles. The quantitative estimate of drug-likeness (QED) is 0.850. The zero-order chi connectivity index (χ0) is 12.1. The van der Waals surface area contributed by atoms with E-state index in [4.69, 9.17) is 0 Å². The van der Waals surface area contributed by atoms with E-state index in [-0.39, 0.29) is 0 Å². The van der Waals surface area contributed by atoms with Gasteiger partial charge in [-0.25, -0.2) is 0 Å². The molecule has 2 heteroatoms. The zero-order valence-electron chi connectivity index (χ0n) is 10.6. The molecule has 2 rings (SSSR count). The average Bonchev–Trinajstić information content (AvgIpc) is 2.38. The van der Waals surface area contributed by atoms with E-state index in [0.717, 1.165) is 10.4 Å². The fourth-order valence-corrected chi connectivity index (χ4v) is 3.14. The van der Waals surface area contributed by atoms with Crippen molar-refractivity contribution in [3.63, 3.8) is 0 Å². The van der Waals surface area contributed by atoms with Gasteiger partial charge in [-0.05, 0) is 37.1 Å². The number of hydrogen-bond donors (Lipinski definition) is 1. The van der Waals surface area contributed by atoms with Crippen molar-refractivity contribution in [1.29, 1.82) is 0 Å². The predicted molar refractivity (Wildman–Crippen MR) is 77.1 cm³/mol. The minimum absolute atomic E-state index is 0.520. The van der Waals surface area contributed by atoms with Gasteiger partial charge >= 0.3 is 0 Å². The van der Waals surface area contributed by atoms with Gasteiger partial charge in [-0.2, -0.15) is 0 Å². The SMILES string of the molecule is CNC(CC1CCCCC1)c1ccc(Br)cc1. The molecule has 1 atom stereocenters. The van der Waals surface area contributed by atoms with Crippen LogP contribution in [0.25, 0.3) is 0 Å². The van der Waals surface area contributed by atoms with E-state index in [1.54, 1.807) is 0 Å². The Kier molecular flexibility index (Phi) is 5.05. The van der Waals surface area contributed by atoms with Crippen LogP contribution < -0.4 is 5.32 Å². The summed E-state index contributed by atoms with van der Waals surface area (Å²) in [6.45, 7) is 0. The fourth-order valence-electron chi connectivity index (χ4n) is 2.87. The second-order valence-electron chi connectivity index (χ2n) is 5.13. The molecule has 0 saturated heterocycles. The Balaban J connectivity index is 1.97. The predicted octanol–water partition coefficient (Wildman–Crippen LogP) is 4.68. The fraction of sp³-hybridized carbons (Fsp3) is 0.600. The Morgan fingerprint density at radius 3 is 2.41 bits per heavy atom. The van der Waals surface area contributed by atoms with Gasteiger partial charge in [-0.3, -0.25) is 0 Å². The molecule has 17 heavy (non-hydrogen) atoms. The van der Waals surface area contributed by atoms with Gasteiger partial charge in [0, 0.05) is 10.5 Å². The van der Waals surface area contributed by atoms with Crippen molar-refractivity contribution in [2.45, 2.75) is 44.6 Å². The first-order valence-corrected chi connectivity index (χ1v) is 7.51. The molecule has 0 aromatic heterocycles. The number of halogens is 1. The molecule has 94 valence electrons. The third-order valence-electron chi connectivity index (χ3n) is 3.91. The van der Waals surface area contributed by atoms with Gasteiger partial charge in [0.1, 0.15) is 0 Å². The Hall–Kier alpha value is -0.340. The van der Waals surface area contributed by atoms with Gasteiger partial charge in [-0.1, -0.05) is 60.2 Å². The van der Waals surface area contributed by atoms with Crippen LogP contribution in [0.2, 0.25) is 0 Å². The van der Waals surface area contributed by atoms with E-state index in [0.29, 0.717) is 6.04 Å². The number of hydrogen-bond acceptors (Lipinski definition) is 1. The second kappa shape index (κ2) is 6.55. The molecule has 1 fully saturated rings. The van der Waals surface area contributed by atoms with Crippen molar-refractivity contribution in [2.75, 3.05) is 7.05 Å². The highest BCUT2D eigenvalue weighted by atomic mass is 79.9. The molecular formula is C15H22BrN. The average molecular weight is 296 g/mol. The Morgan fingerprint density at radius 2 is 1.82 bits per heavy atom. The van der Waals surface area contributed by atoms with Gasteiger partial charge in [0.05, 0.1) is 0 Å². The molecule has 0 heterocycles. The molecule has 0 aliphatic heterocycles. The van der Waals surface area contributed by atoms with Crippen molar-refractivity contribution in [1.82, 2.24) is 5.32 Å². The molecule has 0 bridgehead atoms. The third kappa shape index (κ3) is 3.82. The third-order valence-corrected chi connectivity index (χ3v) is 4.44. The van der Waals surface area contributed by atoms with Crippen LogP contribution in [0.4, 0.5) is 0 Å². The first-order chi connectivity index (χ1) is 8.29. The van der Waals surface area contributed by atoms with Crippen LogP contribution in [0, 0.1) is 5.92 Å². The Morgan fingerprint density at radius 1 is 1.18 bits per heavy atom. The van der Waals surface area contributed by atoms with Gasteiger partial charge in [0.25, 0.3) is 0 Å². The van der Waals surface area contributed by atoms with Gasteiger partial charge < -0.3 is 5.32 Å². The first-order valence-electron chi connectivity index (χ1n) is 6.72. The van der Waals surface area contributed by atoms with Crippen LogP contribution >= 0.6 is 15.9 Å². The lowest BCUT2D eigenvalue weighted by molar-refractivity contribution is 0.306. The minimum atomic E-state index is 0.520. The summed E-state index contributed by atoms with van der Waals surface area (Å²) >= 11 is 3.49. The van der Waals surface area contributed by atoms with Crippen LogP contribution in [0.5, 0.6) is 0 Å². The van der Waals surface area contributed by atoms with E-state index >= 15 is 0 Å². The van der Waals surface area contributed by atoms with E-state index in [9.17, 15) is 0 Å². The van der Waals surface area contributed by atoms with E-state index in [2.05, 4.69) is 52.6 Å². The summed E-state index contributed by atoms with van der Waals surface area (Å²) < 4.78 is 1.16. The van der Waals surface area contributed by atoms with Gasteiger partial charge in [0.15, 0.2) is 0 Å². The summed E-state index contributed by atoms with van der Waals surface area (Å²) in [5, 5.41) is 3.47. The van der Waals surface area contributed by atoms with Crippen LogP contribution in [0.15, 0.2) is 28.7 Å². The minimum Gasteiger partial charge on any atom is -0.313 e. The highest BCUT2D eigenvalue weighted by Gasteiger charge is 2.18. The van der Waals surface area contributed by atoms with E-state index < -0.39 is 0 Å². The highest BCUT2D eigenvalue weighted by Crippen LogP contribution is 2.32. The van der Waals surface area contributed by atoms with Crippen LogP contribution in [-0.2, 0) is 0 Å². The largest absolute Gasteiger partial charge is 0.313 e. The molecule has 1 unspecified atom stereocenters. The first kappa shape index (κ1) is 13.1. The molecule has 1 aliphatic carbocycles. The highest BCUT2D eigenvalue weighted by molar-refractivity contribution is 9.10. The maximum atomic E-state index is 3.49. The molecule has 0 radical (unpaired) electrons. The van der Waals surface area contributed by atoms with E-state index in [1.807, 2.05) is 0 Å².